The van der Waals surface area contributed by atoms with E-state index >= 15 is 0 Å². The predicted octanol–water partition coefficient (Wildman–Crippen LogP) is 3.66. The molecule has 2 N–H and O–H groups in total. The number of sulfone groups is 1. The van der Waals surface area contributed by atoms with Crippen LogP contribution in [0.4, 0.5) is 0 Å². The molecule has 0 aromatic heterocycles. The summed E-state index contributed by atoms with van der Waals surface area (Å²) >= 11 is 0. The Morgan fingerprint density at radius 3 is 2.21 bits per heavy atom. The first-order chi connectivity index (χ1) is 13.1. The van der Waals surface area contributed by atoms with Gasteiger partial charge in [0.1, 0.15) is 0 Å². The minimum absolute atomic E-state index is 0. The summed E-state index contributed by atoms with van der Waals surface area (Å²) in [5.41, 5.74) is 1.32. The number of aliphatic imine (C=N–C) groups is 1. The number of nitrogens with zero attached hydrogens (tertiary/aromatic N) is 1. The number of benzene rings is 2. The molecule has 154 valence electrons. The van der Waals surface area contributed by atoms with Crippen LogP contribution in [0.1, 0.15) is 25.3 Å². The van der Waals surface area contributed by atoms with Crippen LogP contribution in [0.2, 0.25) is 0 Å². The zero-order valence-corrected chi connectivity index (χ0v) is 19.5. The topological polar surface area (TPSA) is 70.6 Å². The Morgan fingerprint density at radius 2 is 1.57 bits per heavy atom. The van der Waals surface area contributed by atoms with Gasteiger partial charge in [0.15, 0.2) is 15.8 Å². The Labute approximate surface area is 186 Å². The second-order valence-corrected chi connectivity index (χ2v) is 8.37. The molecular weight excluding hydrogens is 485 g/mol. The standard InChI is InChI=1S/C21H29N3O2S.HI/c1-2-22-21(23-16-9-13-19-11-5-3-6-12-19)24-17-10-18-27(25,26)20-14-7-4-8-15-20;/h3-8,11-12,14-15H,2,9-10,13,16-18H2,1H3,(H2,22,23,24);1H. The number of halogens is 1. The van der Waals surface area contributed by atoms with Crippen LogP contribution in [0.3, 0.4) is 0 Å². The highest BCUT2D eigenvalue weighted by Gasteiger charge is 2.13. The first-order valence-electron chi connectivity index (χ1n) is 9.46. The van der Waals surface area contributed by atoms with E-state index in [9.17, 15) is 8.42 Å². The third-order valence-corrected chi connectivity index (χ3v) is 5.88. The molecule has 0 aliphatic rings. The van der Waals surface area contributed by atoms with Gasteiger partial charge in [-0.2, -0.15) is 0 Å². The van der Waals surface area contributed by atoms with Gasteiger partial charge in [0.25, 0.3) is 0 Å². The van der Waals surface area contributed by atoms with Crippen molar-refractivity contribution in [3.63, 3.8) is 0 Å². The maximum Gasteiger partial charge on any atom is 0.191 e. The summed E-state index contributed by atoms with van der Waals surface area (Å²) in [7, 11) is -3.22. The molecule has 0 spiro atoms. The van der Waals surface area contributed by atoms with Crippen molar-refractivity contribution in [2.75, 3.05) is 25.4 Å². The molecular formula is C21H30IN3O2S. The maximum absolute atomic E-state index is 12.3. The molecule has 0 saturated carbocycles. The molecule has 2 aromatic rings. The summed E-state index contributed by atoms with van der Waals surface area (Å²) in [5, 5.41) is 6.42. The van der Waals surface area contributed by atoms with E-state index in [1.165, 1.54) is 5.56 Å². The van der Waals surface area contributed by atoms with Gasteiger partial charge in [-0.3, -0.25) is 4.99 Å². The van der Waals surface area contributed by atoms with Crippen LogP contribution in [0.15, 0.2) is 70.6 Å². The Morgan fingerprint density at radius 1 is 0.929 bits per heavy atom. The molecule has 2 rings (SSSR count). The van der Waals surface area contributed by atoms with E-state index in [1.807, 2.05) is 31.2 Å². The Hall–Kier alpha value is -1.61. The Kier molecular flexibility index (Phi) is 11.8. The molecule has 0 heterocycles. The summed E-state index contributed by atoms with van der Waals surface area (Å²) in [6.45, 7) is 4.08. The third kappa shape index (κ3) is 9.05. The van der Waals surface area contributed by atoms with Crippen molar-refractivity contribution in [1.29, 1.82) is 0 Å². The number of hydrogen-bond donors (Lipinski definition) is 2. The van der Waals surface area contributed by atoms with E-state index < -0.39 is 9.84 Å². The summed E-state index contributed by atoms with van der Waals surface area (Å²) < 4.78 is 24.5. The molecule has 0 unspecified atom stereocenters. The summed E-state index contributed by atoms with van der Waals surface area (Å²) in [5.74, 6) is 0.861. The molecule has 0 bridgehead atoms. The lowest BCUT2D eigenvalue weighted by Gasteiger charge is -2.11. The molecule has 0 aliphatic carbocycles. The average Bonchev–Trinajstić information content (AvgIpc) is 2.70. The maximum atomic E-state index is 12.3. The molecule has 2 aromatic carbocycles. The highest BCUT2D eigenvalue weighted by molar-refractivity contribution is 14.0. The lowest BCUT2D eigenvalue weighted by atomic mass is 10.1. The molecule has 0 saturated heterocycles. The zero-order valence-electron chi connectivity index (χ0n) is 16.3. The molecule has 0 radical (unpaired) electrons. The minimum atomic E-state index is -3.22. The van der Waals surface area contributed by atoms with Crippen LogP contribution in [-0.4, -0.2) is 39.8 Å². The molecule has 0 aliphatic heterocycles. The second-order valence-electron chi connectivity index (χ2n) is 6.26. The van der Waals surface area contributed by atoms with E-state index in [0.29, 0.717) is 17.9 Å². The SMILES string of the molecule is CCNC(=NCCCc1ccccc1)NCCCS(=O)(=O)c1ccccc1.I. The number of nitrogens with one attached hydrogen (secondary N) is 2. The predicted molar refractivity (Wildman–Crippen MR) is 127 cm³/mol. The Bertz CT molecular complexity index is 797. The monoisotopic (exact) mass is 515 g/mol. The van der Waals surface area contributed by atoms with Gasteiger partial charge in [-0.25, -0.2) is 8.42 Å². The van der Waals surface area contributed by atoms with Gasteiger partial charge in [0, 0.05) is 19.6 Å². The van der Waals surface area contributed by atoms with Crippen LogP contribution >= 0.6 is 24.0 Å². The first kappa shape index (κ1) is 24.4. The molecule has 7 heteroatoms. The third-order valence-electron chi connectivity index (χ3n) is 4.07. The van der Waals surface area contributed by atoms with Gasteiger partial charge in [-0.15, -0.1) is 24.0 Å². The average molecular weight is 515 g/mol. The van der Waals surface area contributed by atoms with Crippen molar-refractivity contribution >= 4 is 39.8 Å². The van der Waals surface area contributed by atoms with E-state index in [1.54, 1.807) is 24.3 Å². The minimum Gasteiger partial charge on any atom is -0.357 e. The fourth-order valence-corrected chi connectivity index (χ4v) is 4.01. The van der Waals surface area contributed by atoms with Crippen LogP contribution in [0.25, 0.3) is 0 Å². The molecule has 0 amide bonds. The van der Waals surface area contributed by atoms with Crippen LogP contribution in [0.5, 0.6) is 0 Å². The summed E-state index contributed by atoms with van der Waals surface area (Å²) in [6.07, 6.45) is 2.51. The van der Waals surface area contributed by atoms with Gasteiger partial charge in [0.2, 0.25) is 0 Å². The second kappa shape index (κ2) is 13.5. The fourth-order valence-electron chi connectivity index (χ4n) is 2.68. The largest absolute Gasteiger partial charge is 0.357 e. The number of rotatable bonds is 10. The van der Waals surface area contributed by atoms with E-state index in [0.717, 1.165) is 31.9 Å². The molecule has 5 nitrogen and oxygen atoms in total. The lowest BCUT2D eigenvalue weighted by Crippen LogP contribution is -2.38. The van der Waals surface area contributed by atoms with Crippen molar-refractivity contribution in [3.05, 3.63) is 66.2 Å². The number of guanidine groups is 1. The van der Waals surface area contributed by atoms with Crippen molar-refractivity contribution < 1.29 is 8.42 Å². The van der Waals surface area contributed by atoms with Crippen molar-refractivity contribution in [1.82, 2.24) is 10.6 Å². The first-order valence-corrected chi connectivity index (χ1v) is 11.1. The number of aryl methyl sites for hydroxylation is 1. The van der Waals surface area contributed by atoms with E-state index in [2.05, 4.69) is 27.8 Å². The Balaban J connectivity index is 0.00000392. The van der Waals surface area contributed by atoms with Crippen molar-refractivity contribution in [3.8, 4) is 0 Å². The van der Waals surface area contributed by atoms with Crippen molar-refractivity contribution in [2.45, 2.75) is 31.1 Å². The van der Waals surface area contributed by atoms with Gasteiger partial charge >= 0.3 is 0 Å². The van der Waals surface area contributed by atoms with Crippen molar-refractivity contribution in [2.24, 2.45) is 4.99 Å². The molecule has 28 heavy (non-hydrogen) atoms. The van der Waals surface area contributed by atoms with Gasteiger partial charge in [0.05, 0.1) is 10.6 Å². The molecule has 0 fully saturated rings. The van der Waals surface area contributed by atoms with Gasteiger partial charge < -0.3 is 10.6 Å². The fraction of sp³-hybridized carbons (Fsp3) is 0.381. The normalized spacial score (nSPS) is 11.5. The quantitative estimate of drug-likeness (QED) is 0.219. The van der Waals surface area contributed by atoms with Crippen LogP contribution in [-0.2, 0) is 16.3 Å². The smallest absolute Gasteiger partial charge is 0.191 e. The summed E-state index contributed by atoms with van der Waals surface area (Å²) in [4.78, 5) is 4.95. The highest BCUT2D eigenvalue weighted by atomic mass is 127. The molecule has 0 atom stereocenters. The van der Waals surface area contributed by atoms with Crippen LogP contribution < -0.4 is 10.6 Å². The highest BCUT2D eigenvalue weighted by Crippen LogP contribution is 2.10. The zero-order chi connectivity index (χ0) is 19.4. The van der Waals surface area contributed by atoms with Gasteiger partial charge in [-0.05, 0) is 43.9 Å². The van der Waals surface area contributed by atoms with Gasteiger partial charge in [-0.1, -0.05) is 48.5 Å². The number of hydrogen-bond acceptors (Lipinski definition) is 3. The van der Waals surface area contributed by atoms with E-state index in [4.69, 9.17) is 0 Å². The van der Waals surface area contributed by atoms with E-state index in [-0.39, 0.29) is 29.7 Å². The summed E-state index contributed by atoms with van der Waals surface area (Å²) in [6, 6.07) is 19.0. The lowest BCUT2D eigenvalue weighted by molar-refractivity contribution is 0.592. The van der Waals surface area contributed by atoms with Crippen LogP contribution in [0, 0.1) is 0 Å².